The minimum atomic E-state index is 1.23. The SMILES string of the molecule is CCCCCCCC/C=C/CCCCCCC/C=C/Br. The minimum absolute atomic E-state index is 1.23. The summed E-state index contributed by atoms with van der Waals surface area (Å²) >= 11 is 3.31. The van der Waals surface area contributed by atoms with E-state index in [0.717, 1.165) is 0 Å². The number of halogens is 1. The molecule has 0 fully saturated rings. The smallest absolute Gasteiger partial charge is 0.0229 e. The van der Waals surface area contributed by atoms with Crippen molar-refractivity contribution >= 4 is 15.9 Å². The molecule has 0 heterocycles. The van der Waals surface area contributed by atoms with Gasteiger partial charge in [0.1, 0.15) is 0 Å². The second-order valence-electron chi connectivity index (χ2n) is 5.73. The largest absolute Gasteiger partial charge is 0.0885 e. The highest BCUT2D eigenvalue weighted by molar-refractivity contribution is 9.11. The Bertz CT molecular complexity index is 218. The summed E-state index contributed by atoms with van der Waals surface area (Å²) in [6.45, 7) is 2.28. The maximum atomic E-state index is 3.31. The molecule has 0 aliphatic carbocycles. The zero-order valence-electron chi connectivity index (χ0n) is 13.6. The minimum Gasteiger partial charge on any atom is -0.0885 e. The average molecular weight is 343 g/mol. The molecule has 0 atom stereocenters. The first kappa shape index (κ1) is 20.0. The first-order valence-electron chi connectivity index (χ1n) is 8.82. The molecule has 0 N–H and O–H groups in total. The highest BCUT2D eigenvalue weighted by Crippen LogP contribution is 2.10. The van der Waals surface area contributed by atoms with Gasteiger partial charge in [-0.05, 0) is 43.5 Å². The lowest BCUT2D eigenvalue weighted by molar-refractivity contribution is 0.609. The first-order valence-corrected chi connectivity index (χ1v) is 9.73. The Morgan fingerprint density at radius 1 is 0.550 bits per heavy atom. The van der Waals surface area contributed by atoms with Crippen LogP contribution in [-0.2, 0) is 0 Å². The van der Waals surface area contributed by atoms with Crippen molar-refractivity contribution in [2.75, 3.05) is 0 Å². The second-order valence-corrected chi connectivity index (χ2v) is 6.26. The van der Waals surface area contributed by atoms with Crippen LogP contribution in [0.1, 0.15) is 96.8 Å². The summed E-state index contributed by atoms with van der Waals surface area (Å²) < 4.78 is 0. The van der Waals surface area contributed by atoms with Gasteiger partial charge in [0.05, 0.1) is 0 Å². The molecule has 0 aromatic carbocycles. The molecule has 1 heteroatoms. The molecule has 118 valence electrons. The number of hydrogen-bond acceptors (Lipinski definition) is 0. The summed E-state index contributed by atoms with van der Waals surface area (Å²) in [5, 5.41) is 0. The molecule has 0 aliphatic heterocycles. The predicted octanol–water partition coefficient (Wildman–Crippen LogP) is 7.93. The van der Waals surface area contributed by atoms with E-state index in [4.69, 9.17) is 0 Å². The molecule has 0 saturated heterocycles. The highest BCUT2D eigenvalue weighted by atomic mass is 79.9. The third-order valence-electron chi connectivity index (χ3n) is 3.72. The van der Waals surface area contributed by atoms with E-state index < -0.39 is 0 Å². The third-order valence-corrected chi connectivity index (χ3v) is 4.10. The van der Waals surface area contributed by atoms with Gasteiger partial charge in [0.2, 0.25) is 0 Å². The van der Waals surface area contributed by atoms with Crippen LogP contribution in [0.5, 0.6) is 0 Å². The van der Waals surface area contributed by atoms with Crippen molar-refractivity contribution in [1.29, 1.82) is 0 Å². The third kappa shape index (κ3) is 18.0. The Hall–Kier alpha value is -0.0400. The first-order chi connectivity index (χ1) is 9.91. The number of allylic oxidation sites excluding steroid dienone is 3. The van der Waals surface area contributed by atoms with Crippen LogP contribution in [0.4, 0.5) is 0 Å². The van der Waals surface area contributed by atoms with Gasteiger partial charge in [0, 0.05) is 0 Å². The highest BCUT2D eigenvalue weighted by Gasteiger charge is 1.90. The fourth-order valence-electron chi connectivity index (χ4n) is 2.40. The van der Waals surface area contributed by atoms with Gasteiger partial charge in [-0.15, -0.1) is 0 Å². The molecular weight excluding hydrogens is 308 g/mol. The van der Waals surface area contributed by atoms with Gasteiger partial charge in [-0.3, -0.25) is 0 Å². The molecule has 0 amide bonds. The van der Waals surface area contributed by atoms with Crippen molar-refractivity contribution in [3.05, 3.63) is 23.2 Å². The summed E-state index contributed by atoms with van der Waals surface area (Å²) in [6.07, 6.45) is 26.2. The van der Waals surface area contributed by atoms with Crippen LogP contribution in [0.15, 0.2) is 23.2 Å². The Balaban J connectivity index is 3.05. The summed E-state index contributed by atoms with van der Waals surface area (Å²) in [6, 6.07) is 0. The molecule has 0 rings (SSSR count). The molecule has 0 aromatic heterocycles. The van der Waals surface area contributed by atoms with Crippen molar-refractivity contribution in [3.63, 3.8) is 0 Å². The van der Waals surface area contributed by atoms with Crippen LogP contribution < -0.4 is 0 Å². The molecule has 0 aliphatic rings. The van der Waals surface area contributed by atoms with Gasteiger partial charge in [-0.25, -0.2) is 0 Å². The summed E-state index contributed by atoms with van der Waals surface area (Å²) in [4.78, 5) is 1.97. The summed E-state index contributed by atoms with van der Waals surface area (Å²) in [5.41, 5.74) is 0. The molecule has 0 spiro atoms. The van der Waals surface area contributed by atoms with Gasteiger partial charge in [0.25, 0.3) is 0 Å². The Labute approximate surface area is 136 Å². The van der Waals surface area contributed by atoms with E-state index in [-0.39, 0.29) is 0 Å². The van der Waals surface area contributed by atoms with Crippen LogP contribution >= 0.6 is 15.9 Å². The number of unbranched alkanes of at least 4 members (excludes halogenated alkanes) is 12. The van der Waals surface area contributed by atoms with E-state index >= 15 is 0 Å². The number of hydrogen-bond donors (Lipinski definition) is 0. The second kappa shape index (κ2) is 19.0. The topological polar surface area (TPSA) is 0 Å². The standard InChI is InChI=1S/C19H35Br/c1-2-3-4-5-6-7-8-9-10-11-12-13-14-15-16-17-18-19-20/h9-10,18-19H,2-8,11-17H2,1H3/b10-9+,19-18+. The van der Waals surface area contributed by atoms with E-state index in [9.17, 15) is 0 Å². The quantitative estimate of drug-likeness (QED) is 0.209. The zero-order valence-corrected chi connectivity index (χ0v) is 15.2. The van der Waals surface area contributed by atoms with Gasteiger partial charge < -0.3 is 0 Å². The Kier molecular flexibility index (Phi) is 18.9. The molecule has 0 radical (unpaired) electrons. The monoisotopic (exact) mass is 342 g/mol. The van der Waals surface area contributed by atoms with Crippen molar-refractivity contribution < 1.29 is 0 Å². The molecule has 0 nitrogen and oxygen atoms in total. The number of rotatable bonds is 15. The maximum absolute atomic E-state index is 3.31. The van der Waals surface area contributed by atoms with E-state index in [2.05, 4.69) is 41.1 Å². The van der Waals surface area contributed by atoms with Crippen molar-refractivity contribution in [1.82, 2.24) is 0 Å². The Morgan fingerprint density at radius 3 is 1.40 bits per heavy atom. The fraction of sp³-hybridized carbons (Fsp3) is 0.789. The van der Waals surface area contributed by atoms with Gasteiger partial charge in [-0.1, -0.05) is 92.4 Å². The van der Waals surface area contributed by atoms with Crippen LogP contribution in [0.2, 0.25) is 0 Å². The maximum Gasteiger partial charge on any atom is -0.0229 e. The van der Waals surface area contributed by atoms with Gasteiger partial charge >= 0.3 is 0 Å². The van der Waals surface area contributed by atoms with Crippen LogP contribution in [-0.4, -0.2) is 0 Å². The van der Waals surface area contributed by atoms with E-state index in [1.54, 1.807) is 0 Å². The summed E-state index contributed by atoms with van der Waals surface area (Å²) in [7, 11) is 0. The molecule has 0 aromatic rings. The molecule has 0 saturated carbocycles. The van der Waals surface area contributed by atoms with Crippen LogP contribution in [0, 0.1) is 0 Å². The average Bonchev–Trinajstić information content (AvgIpc) is 2.47. The van der Waals surface area contributed by atoms with Crippen molar-refractivity contribution in [2.45, 2.75) is 96.8 Å². The fourth-order valence-corrected chi connectivity index (χ4v) is 2.66. The van der Waals surface area contributed by atoms with E-state index in [1.165, 1.54) is 89.9 Å². The zero-order chi connectivity index (χ0) is 14.7. The van der Waals surface area contributed by atoms with Gasteiger partial charge in [-0.2, -0.15) is 0 Å². The molecular formula is C19H35Br. The normalized spacial score (nSPS) is 11.9. The molecule has 20 heavy (non-hydrogen) atoms. The van der Waals surface area contributed by atoms with E-state index in [1.807, 2.05) is 4.99 Å². The molecule has 0 unspecified atom stereocenters. The van der Waals surface area contributed by atoms with Crippen molar-refractivity contribution in [3.8, 4) is 0 Å². The lowest BCUT2D eigenvalue weighted by Gasteiger charge is -1.99. The summed E-state index contributed by atoms with van der Waals surface area (Å²) in [5.74, 6) is 0. The van der Waals surface area contributed by atoms with Crippen LogP contribution in [0.25, 0.3) is 0 Å². The lowest BCUT2D eigenvalue weighted by Crippen LogP contribution is -1.79. The Morgan fingerprint density at radius 2 is 0.950 bits per heavy atom. The van der Waals surface area contributed by atoms with Crippen LogP contribution in [0.3, 0.4) is 0 Å². The van der Waals surface area contributed by atoms with E-state index in [0.29, 0.717) is 0 Å². The van der Waals surface area contributed by atoms with Gasteiger partial charge in [0.15, 0.2) is 0 Å². The lowest BCUT2D eigenvalue weighted by atomic mass is 10.1. The van der Waals surface area contributed by atoms with Crippen molar-refractivity contribution in [2.24, 2.45) is 0 Å². The molecule has 0 bridgehead atoms. The predicted molar refractivity (Wildman–Crippen MR) is 97.5 cm³/mol.